The van der Waals surface area contributed by atoms with Crippen molar-refractivity contribution in [1.29, 1.82) is 0 Å². The second kappa shape index (κ2) is 9.75. The topological polar surface area (TPSA) is 97.1 Å². The summed E-state index contributed by atoms with van der Waals surface area (Å²) >= 11 is 0. The van der Waals surface area contributed by atoms with E-state index in [0.29, 0.717) is 25.6 Å². The lowest BCUT2D eigenvalue weighted by molar-refractivity contribution is -0.192. The van der Waals surface area contributed by atoms with E-state index in [-0.39, 0.29) is 11.9 Å². The predicted molar refractivity (Wildman–Crippen MR) is 96.1 cm³/mol. The normalized spacial score (nSPS) is 22.9. The zero-order valence-corrected chi connectivity index (χ0v) is 16.4. The van der Waals surface area contributed by atoms with E-state index in [9.17, 15) is 18.0 Å². The molecule has 0 spiro atoms. The SMILES string of the molecule is O=C(CC1CN(C2CCOCC2)Cc2ccnn21)N1CCCO1.O=C(O)C(F)(F)F. The Labute approximate surface area is 171 Å². The van der Waals surface area contributed by atoms with Crippen LogP contribution in [0.3, 0.4) is 0 Å². The Kier molecular flexibility index (Phi) is 7.32. The number of aromatic nitrogens is 2. The average molecular weight is 434 g/mol. The molecule has 168 valence electrons. The number of hydrogen-bond acceptors (Lipinski definition) is 6. The average Bonchev–Trinajstić information content (AvgIpc) is 3.40. The lowest BCUT2D eigenvalue weighted by Gasteiger charge is -2.40. The van der Waals surface area contributed by atoms with Crippen molar-refractivity contribution in [3.8, 4) is 0 Å². The van der Waals surface area contributed by atoms with Gasteiger partial charge in [-0.15, -0.1) is 0 Å². The summed E-state index contributed by atoms with van der Waals surface area (Å²) in [5, 5.41) is 13.1. The van der Waals surface area contributed by atoms with Crippen LogP contribution in [-0.2, 0) is 25.7 Å². The molecule has 0 aliphatic carbocycles. The zero-order valence-electron chi connectivity index (χ0n) is 16.4. The summed E-state index contributed by atoms with van der Waals surface area (Å²) in [6.07, 6.45) is 0.284. The summed E-state index contributed by atoms with van der Waals surface area (Å²) in [6.45, 7) is 4.82. The Bertz CT molecular complexity index is 730. The highest BCUT2D eigenvalue weighted by molar-refractivity contribution is 5.75. The number of ether oxygens (including phenoxy) is 1. The molecule has 0 aromatic carbocycles. The second-order valence-corrected chi connectivity index (χ2v) is 7.38. The summed E-state index contributed by atoms with van der Waals surface area (Å²) < 4.78 is 39.3. The van der Waals surface area contributed by atoms with Crippen molar-refractivity contribution in [3.05, 3.63) is 18.0 Å². The van der Waals surface area contributed by atoms with Crippen molar-refractivity contribution in [2.45, 2.75) is 50.5 Å². The second-order valence-electron chi connectivity index (χ2n) is 7.38. The fourth-order valence-electron chi connectivity index (χ4n) is 3.84. The third-order valence-electron chi connectivity index (χ3n) is 5.30. The third-order valence-corrected chi connectivity index (χ3v) is 5.30. The standard InChI is InChI=1S/C16H24N4O3.C2HF3O2/c21-16(19-6-1-7-23-19)10-15-12-18(13-3-8-22-9-4-13)11-14-2-5-17-20(14)15;3-2(4,5)1(6)7/h2,5,13,15H,1,3-4,6-12H2;(H,6,7). The molecule has 1 amide bonds. The van der Waals surface area contributed by atoms with Gasteiger partial charge in [0.1, 0.15) is 0 Å². The minimum Gasteiger partial charge on any atom is -0.475 e. The van der Waals surface area contributed by atoms with Crippen LogP contribution in [0.1, 0.15) is 37.4 Å². The molecule has 3 aliphatic rings. The highest BCUT2D eigenvalue weighted by Gasteiger charge is 2.38. The molecule has 2 fully saturated rings. The fraction of sp³-hybridized carbons (Fsp3) is 0.722. The van der Waals surface area contributed by atoms with Crippen LogP contribution in [0.25, 0.3) is 0 Å². The first kappa shape index (κ1) is 22.5. The Hall–Kier alpha value is -2.18. The number of carbonyl (C=O) groups excluding carboxylic acids is 1. The molecule has 1 atom stereocenters. The maximum absolute atomic E-state index is 12.4. The van der Waals surface area contributed by atoms with Gasteiger partial charge in [0.15, 0.2) is 0 Å². The number of nitrogens with zero attached hydrogens (tertiary/aromatic N) is 4. The number of carboxylic acid groups (broad SMARTS) is 1. The Morgan fingerprint density at radius 1 is 1.23 bits per heavy atom. The van der Waals surface area contributed by atoms with Crippen molar-refractivity contribution < 1.29 is 37.4 Å². The number of hydrogen-bond donors (Lipinski definition) is 1. The van der Waals surface area contributed by atoms with Gasteiger partial charge in [0.25, 0.3) is 0 Å². The van der Waals surface area contributed by atoms with Gasteiger partial charge < -0.3 is 9.84 Å². The number of fused-ring (bicyclic) bond motifs is 1. The molecule has 2 saturated heterocycles. The predicted octanol–water partition coefficient (Wildman–Crippen LogP) is 1.61. The van der Waals surface area contributed by atoms with Crippen LogP contribution in [0.5, 0.6) is 0 Å². The van der Waals surface area contributed by atoms with Gasteiger partial charge >= 0.3 is 12.1 Å². The van der Waals surface area contributed by atoms with Crippen LogP contribution >= 0.6 is 0 Å². The zero-order chi connectivity index (χ0) is 21.7. The van der Waals surface area contributed by atoms with Gasteiger partial charge in [-0.2, -0.15) is 18.3 Å². The van der Waals surface area contributed by atoms with Crippen molar-refractivity contribution in [2.75, 3.05) is 32.9 Å². The summed E-state index contributed by atoms with van der Waals surface area (Å²) in [5.41, 5.74) is 1.20. The first-order valence-corrected chi connectivity index (χ1v) is 9.83. The number of carboxylic acids is 1. The molecule has 30 heavy (non-hydrogen) atoms. The van der Waals surface area contributed by atoms with Gasteiger partial charge in [-0.3, -0.25) is 19.2 Å². The number of halogens is 3. The van der Waals surface area contributed by atoms with E-state index in [2.05, 4.69) is 16.1 Å². The number of rotatable bonds is 3. The molecule has 1 unspecified atom stereocenters. The van der Waals surface area contributed by atoms with E-state index in [4.69, 9.17) is 19.5 Å². The van der Waals surface area contributed by atoms with Crippen LogP contribution in [0.2, 0.25) is 0 Å². The lowest BCUT2D eigenvalue weighted by Crippen LogP contribution is -2.46. The Morgan fingerprint density at radius 2 is 1.93 bits per heavy atom. The van der Waals surface area contributed by atoms with E-state index in [0.717, 1.165) is 45.6 Å². The summed E-state index contributed by atoms with van der Waals surface area (Å²) in [5.74, 6) is -2.68. The van der Waals surface area contributed by atoms with Crippen LogP contribution in [0.4, 0.5) is 13.2 Å². The minimum absolute atomic E-state index is 0.0720. The van der Waals surface area contributed by atoms with Crippen molar-refractivity contribution >= 4 is 11.9 Å². The van der Waals surface area contributed by atoms with Crippen LogP contribution in [0, 0.1) is 0 Å². The molecule has 0 saturated carbocycles. The molecule has 4 rings (SSSR count). The first-order valence-electron chi connectivity index (χ1n) is 9.83. The van der Waals surface area contributed by atoms with E-state index in [1.54, 1.807) is 0 Å². The summed E-state index contributed by atoms with van der Waals surface area (Å²) in [7, 11) is 0. The lowest BCUT2D eigenvalue weighted by atomic mass is 10.0. The fourth-order valence-corrected chi connectivity index (χ4v) is 3.84. The first-order chi connectivity index (χ1) is 14.3. The number of aliphatic carboxylic acids is 1. The highest BCUT2D eigenvalue weighted by Crippen LogP contribution is 2.28. The maximum Gasteiger partial charge on any atom is 0.490 e. The Morgan fingerprint density at radius 3 is 2.53 bits per heavy atom. The number of alkyl halides is 3. The Balaban J connectivity index is 0.000000318. The quantitative estimate of drug-likeness (QED) is 0.772. The number of amides is 1. The van der Waals surface area contributed by atoms with Crippen molar-refractivity contribution in [2.24, 2.45) is 0 Å². The van der Waals surface area contributed by atoms with Crippen molar-refractivity contribution in [1.82, 2.24) is 19.7 Å². The van der Waals surface area contributed by atoms with Gasteiger partial charge in [-0.05, 0) is 25.3 Å². The number of carbonyl (C=O) groups is 2. The van der Waals surface area contributed by atoms with E-state index in [1.807, 2.05) is 10.9 Å². The van der Waals surface area contributed by atoms with Gasteiger partial charge in [0.05, 0.1) is 31.3 Å². The van der Waals surface area contributed by atoms with Gasteiger partial charge in [0, 0.05) is 38.5 Å². The van der Waals surface area contributed by atoms with E-state index in [1.165, 1.54) is 10.8 Å². The van der Waals surface area contributed by atoms with E-state index >= 15 is 0 Å². The largest absolute Gasteiger partial charge is 0.490 e. The van der Waals surface area contributed by atoms with Crippen LogP contribution in [-0.4, -0.2) is 81.9 Å². The molecular weight excluding hydrogens is 409 g/mol. The maximum atomic E-state index is 12.4. The number of hydroxylamine groups is 2. The molecule has 0 bridgehead atoms. The van der Waals surface area contributed by atoms with Crippen LogP contribution < -0.4 is 0 Å². The van der Waals surface area contributed by atoms with Gasteiger partial charge in [0.2, 0.25) is 5.91 Å². The van der Waals surface area contributed by atoms with Gasteiger partial charge in [-0.25, -0.2) is 9.86 Å². The van der Waals surface area contributed by atoms with Crippen LogP contribution in [0.15, 0.2) is 12.3 Å². The van der Waals surface area contributed by atoms with Crippen molar-refractivity contribution in [3.63, 3.8) is 0 Å². The molecule has 9 nitrogen and oxygen atoms in total. The molecule has 1 aromatic heterocycles. The van der Waals surface area contributed by atoms with Gasteiger partial charge in [-0.1, -0.05) is 0 Å². The highest BCUT2D eigenvalue weighted by atomic mass is 19.4. The molecule has 4 heterocycles. The molecule has 3 aliphatic heterocycles. The third kappa shape index (κ3) is 5.70. The summed E-state index contributed by atoms with van der Waals surface area (Å²) in [4.78, 5) is 29.2. The molecule has 0 radical (unpaired) electrons. The molecular formula is C18H25F3N4O5. The van der Waals surface area contributed by atoms with E-state index < -0.39 is 12.1 Å². The molecule has 1 N–H and O–H groups in total. The smallest absolute Gasteiger partial charge is 0.475 e. The molecule has 1 aromatic rings. The minimum atomic E-state index is -5.08. The summed E-state index contributed by atoms with van der Waals surface area (Å²) in [6, 6.07) is 2.70. The monoisotopic (exact) mass is 434 g/mol. The molecule has 12 heteroatoms.